The summed E-state index contributed by atoms with van der Waals surface area (Å²) in [5, 5.41) is 3.04. The first kappa shape index (κ1) is 23.4. The van der Waals surface area contributed by atoms with E-state index in [1.54, 1.807) is 0 Å². The Bertz CT molecular complexity index is 370. The first-order valence-corrected chi connectivity index (χ1v) is 9.35. The van der Waals surface area contributed by atoms with E-state index in [0.29, 0.717) is 25.5 Å². The third-order valence-electron chi connectivity index (χ3n) is 4.35. The second-order valence-electron chi connectivity index (χ2n) is 9.19. The highest BCUT2D eigenvalue weighted by molar-refractivity contribution is 5.81. The number of rotatable bonds is 11. The van der Waals surface area contributed by atoms with E-state index in [1.165, 1.54) is 6.42 Å². The van der Waals surface area contributed by atoms with Crippen molar-refractivity contribution in [2.75, 3.05) is 19.8 Å². The Kier molecular flexibility index (Phi) is 9.52. The number of hydrogen-bond acceptors (Lipinski definition) is 3. The van der Waals surface area contributed by atoms with Crippen LogP contribution in [0.4, 0.5) is 0 Å². The van der Waals surface area contributed by atoms with E-state index in [-0.39, 0.29) is 17.1 Å². The molecule has 0 aliphatic carbocycles. The zero-order chi connectivity index (χ0) is 19.0. The minimum absolute atomic E-state index is 0.0543. The van der Waals surface area contributed by atoms with Crippen LogP contribution in [-0.2, 0) is 14.3 Å². The molecule has 0 aromatic rings. The van der Waals surface area contributed by atoms with Crippen LogP contribution in [-0.4, -0.2) is 36.9 Å². The fourth-order valence-corrected chi connectivity index (χ4v) is 2.05. The molecule has 24 heavy (non-hydrogen) atoms. The smallest absolute Gasteiger partial charge is 0.225 e. The molecule has 0 saturated carbocycles. The lowest BCUT2D eigenvalue weighted by Gasteiger charge is -2.30. The van der Waals surface area contributed by atoms with Gasteiger partial charge in [0.2, 0.25) is 5.91 Å². The van der Waals surface area contributed by atoms with Crippen LogP contribution < -0.4 is 5.32 Å². The quantitative estimate of drug-likeness (QED) is 0.598. The van der Waals surface area contributed by atoms with E-state index in [1.807, 2.05) is 48.5 Å². The van der Waals surface area contributed by atoms with E-state index in [0.717, 1.165) is 13.0 Å². The molecule has 0 aromatic carbocycles. The predicted octanol–water partition coefficient (Wildman–Crippen LogP) is 4.57. The highest BCUT2D eigenvalue weighted by Gasteiger charge is 2.30. The van der Waals surface area contributed by atoms with Crippen molar-refractivity contribution >= 4 is 5.91 Å². The Hall–Kier alpha value is -0.610. The highest BCUT2D eigenvalue weighted by Crippen LogP contribution is 2.22. The number of hydrogen-bond donors (Lipinski definition) is 1. The molecule has 0 spiro atoms. The maximum atomic E-state index is 12.5. The minimum Gasteiger partial charge on any atom is -0.376 e. The molecule has 0 aliphatic rings. The fraction of sp³-hybridized carbons (Fsp3) is 0.950. The number of ether oxygens (including phenoxy) is 2. The van der Waals surface area contributed by atoms with Gasteiger partial charge in [-0.1, -0.05) is 34.1 Å². The largest absolute Gasteiger partial charge is 0.376 e. The van der Waals surface area contributed by atoms with Gasteiger partial charge in [0.25, 0.3) is 0 Å². The third-order valence-corrected chi connectivity index (χ3v) is 4.35. The standard InChI is InChI=1S/C20H41NO3/c1-10-16(2)11-13-24-20(8,9)15-21-17(22)19(6,7)12-14-23-18(3,4)5/h16H,10-15H2,1-9H3,(H,21,22). The summed E-state index contributed by atoms with van der Waals surface area (Å²) in [4.78, 5) is 12.5. The van der Waals surface area contributed by atoms with Gasteiger partial charge in [0.15, 0.2) is 0 Å². The van der Waals surface area contributed by atoms with Crippen LogP contribution in [0.15, 0.2) is 0 Å². The molecule has 0 radical (unpaired) electrons. The monoisotopic (exact) mass is 343 g/mol. The van der Waals surface area contributed by atoms with Crippen molar-refractivity contribution in [2.24, 2.45) is 11.3 Å². The molecule has 0 aliphatic heterocycles. The molecule has 1 atom stereocenters. The van der Waals surface area contributed by atoms with Gasteiger partial charge in [-0.2, -0.15) is 0 Å². The van der Waals surface area contributed by atoms with E-state index in [9.17, 15) is 4.79 Å². The summed E-state index contributed by atoms with van der Waals surface area (Å²) in [6.07, 6.45) is 2.93. The van der Waals surface area contributed by atoms with Gasteiger partial charge in [-0.3, -0.25) is 4.79 Å². The van der Waals surface area contributed by atoms with Gasteiger partial charge in [-0.25, -0.2) is 0 Å². The molecular formula is C20H41NO3. The van der Waals surface area contributed by atoms with Crippen molar-refractivity contribution in [1.29, 1.82) is 0 Å². The van der Waals surface area contributed by atoms with Crippen LogP contribution in [0.3, 0.4) is 0 Å². The van der Waals surface area contributed by atoms with Crippen molar-refractivity contribution in [3.05, 3.63) is 0 Å². The Morgan fingerprint density at radius 2 is 1.58 bits per heavy atom. The molecule has 144 valence electrons. The van der Waals surface area contributed by atoms with Crippen molar-refractivity contribution in [3.63, 3.8) is 0 Å². The van der Waals surface area contributed by atoms with Crippen LogP contribution in [0.2, 0.25) is 0 Å². The van der Waals surface area contributed by atoms with Crippen LogP contribution in [0.25, 0.3) is 0 Å². The average Bonchev–Trinajstić information content (AvgIpc) is 2.42. The molecule has 4 nitrogen and oxygen atoms in total. The van der Waals surface area contributed by atoms with Crippen molar-refractivity contribution in [1.82, 2.24) is 5.32 Å². The Morgan fingerprint density at radius 3 is 2.08 bits per heavy atom. The summed E-state index contributed by atoms with van der Waals surface area (Å²) >= 11 is 0. The zero-order valence-electron chi connectivity index (χ0n) is 17.5. The molecule has 1 N–H and O–H groups in total. The van der Waals surface area contributed by atoms with Gasteiger partial charge in [0, 0.05) is 25.2 Å². The van der Waals surface area contributed by atoms with Crippen molar-refractivity contribution in [2.45, 2.75) is 92.8 Å². The van der Waals surface area contributed by atoms with Gasteiger partial charge in [-0.15, -0.1) is 0 Å². The summed E-state index contributed by atoms with van der Waals surface area (Å²) in [5.41, 5.74) is -0.961. The predicted molar refractivity (Wildman–Crippen MR) is 101 cm³/mol. The lowest BCUT2D eigenvalue weighted by atomic mass is 9.88. The van der Waals surface area contributed by atoms with Gasteiger partial charge in [0.1, 0.15) is 0 Å². The van der Waals surface area contributed by atoms with Crippen LogP contribution in [0.5, 0.6) is 0 Å². The lowest BCUT2D eigenvalue weighted by Crippen LogP contribution is -2.46. The summed E-state index contributed by atoms with van der Waals surface area (Å²) in [6.45, 7) is 20.3. The molecule has 0 saturated heterocycles. The van der Waals surface area contributed by atoms with Crippen LogP contribution >= 0.6 is 0 Å². The summed E-state index contributed by atoms with van der Waals surface area (Å²) < 4.78 is 11.7. The minimum atomic E-state index is -0.446. The van der Waals surface area contributed by atoms with Crippen LogP contribution in [0.1, 0.15) is 81.6 Å². The maximum absolute atomic E-state index is 12.5. The molecule has 0 heterocycles. The van der Waals surface area contributed by atoms with Crippen LogP contribution in [0, 0.1) is 11.3 Å². The average molecular weight is 344 g/mol. The summed E-state index contributed by atoms with van der Waals surface area (Å²) in [7, 11) is 0. The van der Waals surface area contributed by atoms with Gasteiger partial charge < -0.3 is 14.8 Å². The second-order valence-corrected chi connectivity index (χ2v) is 9.19. The molecule has 0 fully saturated rings. The molecular weight excluding hydrogens is 302 g/mol. The van der Waals surface area contributed by atoms with Gasteiger partial charge in [0.05, 0.1) is 11.2 Å². The number of amides is 1. The molecule has 0 rings (SSSR count). The SMILES string of the molecule is CCC(C)CCOC(C)(C)CNC(=O)C(C)(C)CCOC(C)(C)C. The van der Waals surface area contributed by atoms with E-state index in [4.69, 9.17) is 9.47 Å². The number of nitrogens with one attached hydrogen (secondary N) is 1. The lowest BCUT2D eigenvalue weighted by molar-refractivity contribution is -0.132. The number of carbonyl (C=O) groups excluding carboxylic acids is 1. The molecule has 0 aromatic heterocycles. The van der Waals surface area contributed by atoms with Gasteiger partial charge in [-0.05, 0) is 53.4 Å². The highest BCUT2D eigenvalue weighted by atomic mass is 16.5. The molecule has 0 bridgehead atoms. The molecule has 1 amide bonds. The Labute approximate surface area is 150 Å². The van der Waals surface area contributed by atoms with Crippen molar-refractivity contribution in [3.8, 4) is 0 Å². The van der Waals surface area contributed by atoms with Crippen molar-refractivity contribution < 1.29 is 14.3 Å². The zero-order valence-corrected chi connectivity index (χ0v) is 17.5. The maximum Gasteiger partial charge on any atom is 0.225 e. The topological polar surface area (TPSA) is 47.6 Å². The Balaban J connectivity index is 4.23. The summed E-state index contributed by atoms with van der Waals surface area (Å²) in [6, 6.07) is 0. The Morgan fingerprint density at radius 1 is 1.00 bits per heavy atom. The van der Waals surface area contributed by atoms with E-state index >= 15 is 0 Å². The fourth-order valence-electron chi connectivity index (χ4n) is 2.05. The molecule has 1 unspecified atom stereocenters. The van der Waals surface area contributed by atoms with E-state index < -0.39 is 5.41 Å². The summed E-state index contributed by atoms with van der Waals surface area (Å²) in [5.74, 6) is 0.732. The number of carbonyl (C=O) groups is 1. The normalized spacial score (nSPS) is 14.5. The van der Waals surface area contributed by atoms with E-state index in [2.05, 4.69) is 19.2 Å². The third kappa shape index (κ3) is 11.0. The molecule has 4 heteroatoms. The van der Waals surface area contributed by atoms with Gasteiger partial charge >= 0.3 is 0 Å². The first-order chi connectivity index (χ1) is 10.8. The first-order valence-electron chi connectivity index (χ1n) is 9.35. The second kappa shape index (κ2) is 9.76.